The molecule has 0 amide bonds. The molecule has 1 rings (SSSR count). The van der Waals surface area contributed by atoms with Crippen LogP contribution in [0.2, 0.25) is 0 Å². The van der Waals surface area contributed by atoms with E-state index in [0.717, 1.165) is 0 Å². The number of phenolic OH excluding ortho intramolecular Hbond substituents is 1. The third-order valence-electron chi connectivity index (χ3n) is 2.46. The fourth-order valence-electron chi connectivity index (χ4n) is 1.59. The number of carboxylic acid groups (broad SMARTS) is 1. The minimum atomic E-state index is -1.07. The van der Waals surface area contributed by atoms with E-state index in [9.17, 15) is 14.3 Å². The van der Waals surface area contributed by atoms with Crippen molar-refractivity contribution in [3.63, 3.8) is 0 Å². The standard InChI is InChI=1S/C11H14FNO3/c1-6-2-3-8(14)10(11(6)12)7(5-13)4-9(15)16/h2-3,7,14H,4-5,13H2,1H3,(H,15,16). The van der Waals surface area contributed by atoms with Crippen molar-refractivity contribution >= 4 is 5.97 Å². The Bertz CT molecular complexity index is 406. The molecule has 5 heteroatoms. The number of halogens is 1. The molecule has 0 spiro atoms. The van der Waals surface area contributed by atoms with E-state index in [4.69, 9.17) is 10.8 Å². The number of carbonyl (C=O) groups is 1. The molecule has 16 heavy (non-hydrogen) atoms. The van der Waals surface area contributed by atoms with Gasteiger partial charge in [-0.15, -0.1) is 0 Å². The highest BCUT2D eigenvalue weighted by Crippen LogP contribution is 2.31. The summed E-state index contributed by atoms with van der Waals surface area (Å²) in [5.41, 5.74) is 5.75. The summed E-state index contributed by atoms with van der Waals surface area (Å²) in [7, 11) is 0. The summed E-state index contributed by atoms with van der Waals surface area (Å²) in [5.74, 6) is -2.62. The summed E-state index contributed by atoms with van der Waals surface area (Å²) in [4.78, 5) is 10.6. The van der Waals surface area contributed by atoms with Gasteiger partial charge in [0, 0.05) is 11.5 Å². The Morgan fingerprint density at radius 2 is 2.19 bits per heavy atom. The molecule has 0 aliphatic carbocycles. The first-order chi connectivity index (χ1) is 7.47. The summed E-state index contributed by atoms with van der Waals surface area (Å²) in [6.07, 6.45) is -0.301. The smallest absolute Gasteiger partial charge is 0.304 e. The van der Waals surface area contributed by atoms with Gasteiger partial charge in [-0.25, -0.2) is 4.39 Å². The van der Waals surface area contributed by atoms with E-state index in [1.165, 1.54) is 12.1 Å². The molecule has 1 unspecified atom stereocenters. The lowest BCUT2D eigenvalue weighted by molar-refractivity contribution is -0.137. The van der Waals surface area contributed by atoms with Gasteiger partial charge in [-0.3, -0.25) is 4.79 Å². The average Bonchev–Trinajstić information content (AvgIpc) is 2.22. The molecule has 1 aromatic rings. The normalized spacial score (nSPS) is 12.4. The Labute approximate surface area is 92.5 Å². The van der Waals surface area contributed by atoms with Crippen LogP contribution in [0.1, 0.15) is 23.5 Å². The fraction of sp³-hybridized carbons (Fsp3) is 0.364. The van der Waals surface area contributed by atoms with Crippen LogP contribution in [0.3, 0.4) is 0 Å². The molecule has 0 aliphatic rings. The zero-order valence-corrected chi connectivity index (χ0v) is 8.90. The van der Waals surface area contributed by atoms with Gasteiger partial charge >= 0.3 is 5.97 Å². The van der Waals surface area contributed by atoms with Crippen molar-refractivity contribution in [2.24, 2.45) is 5.73 Å². The van der Waals surface area contributed by atoms with Gasteiger partial charge in [0.15, 0.2) is 0 Å². The van der Waals surface area contributed by atoms with Gasteiger partial charge in [0.05, 0.1) is 6.42 Å². The lowest BCUT2D eigenvalue weighted by atomic mass is 9.93. The van der Waals surface area contributed by atoms with E-state index in [-0.39, 0.29) is 24.3 Å². The number of hydrogen-bond donors (Lipinski definition) is 3. The number of aliphatic carboxylic acids is 1. The first-order valence-corrected chi connectivity index (χ1v) is 4.87. The summed E-state index contributed by atoms with van der Waals surface area (Å²) in [6, 6.07) is 2.78. The molecular formula is C11H14FNO3. The summed E-state index contributed by atoms with van der Waals surface area (Å²) >= 11 is 0. The van der Waals surface area contributed by atoms with Crippen molar-refractivity contribution in [1.82, 2.24) is 0 Å². The number of aryl methyl sites for hydroxylation is 1. The molecule has 0 aromatic heterocycles. The minimum absolute atomic E-state index is 0.00935. The average molecular weight is 227 g/mol. The van der Waals surface area contributed by atoms with E-state index >= 15 is 0 Å². The predicted molar refractivity (Wildman–Crippen MR) is 56.9 cm³/mol. The Morgan fingerprint density at radius 1 is 1.56 bits per heavy atom. The van der Waals surface area contributed by atoms with Crippen LogP contribution < -0.4 is 5.73 Å². The molecule has 1 atom stereocenters. The molecule has 0 saturated heterocycles. The second-order valence-electron chi connectivity index (χ2n) is 3.66. The van der Waals surface area contributed by atoms with Crippen LogP contribution in [0.25, 0.3) is 0 Å². The maximum absolute atomic E-state index is 13.7. The Kier molecular flexibility index (Phi) is 3.84. The van der Waals surface area contributed by atoms with Crippen LogP contribution in [-0.2, 0) is 4.79 Å². The third-order valence-corrected chi connectivity index (χ3v) is 2.46. The fourth-order valence-corrected chi connectivity index (χ4v) is 1.59. The zero-order chi connectivity index (χ0) is 12.3. The SMILES string of the molecule is Cc1ccc(O)c(C(CN)CC(=O)O)c1F. The molecule has 0 radical (unpaired) electrons. The van der Waals surface area contributed by atoms with Crippen molar-refractivity contribution in [3.05, 3.63) is 29.1 Å². The van der Waals surface area contributed by atoms with Gasteiger partial charge in [-0.1, -0.05) is 6.07 Å². The summed E-state index contributed by atoms with van der Waals surface area (Å²) in [5, 5.41) is 18.2. The number of nitrogens with two attached hydrogens (primary N) is 1. The first-order valence-electron chi connectivity index (χ1n) is 4.87. The van der Waals surface area contributed by atoms with Gasteiger partial charge in [-0.2, -0.15) is 0 Å². The molecule has 4 N–H and O–H groups in total. The van der Waals surface area contributed by atoms with Crippen molar-refractivity contribution in [3.8, 4) is 5.75 Å². The highest BCUT2D eigenvalue weighted by atomic mass is 19.1. The van der Waals surface area contributed by atoms with Crippen LogP contribution >= 0.6 is 0 Å². The van der Waals surface area contributed by atoms with Gasteiger partial charge < -0.3 is 15.9 Å². The molecule has 0 fully saturated rings. The van der Waals surface area contributed by atoms with Crippen molar-refractivity contribution in [2.45, 2.75) is 19.3 Å². The zero-order valence-electron chi connectivity index (χ0n) is 8.90. The first kappa shape index (κ1) is 12.4. The number of hydrogen-bond acceptors (Lipinski definition) is 3. The number of phenols is 1. The van der Waals surface area contributed by atoms with E-state index in [1.54, 1.807) is 6.92 Å². The molecular weight excluding hydrogens is 213 g/mol. The lowest BCUT2D eigenvalue weighted by Gasteiger charge is -2.16. The molecule has 0 bridgehead atoms. The maximum Gasteiger partial charge on any atom is 0.304 e. The maximum atomic E-state index is 13.7. The van der Waals surface area contributed by atoms with Crippen LogP contribution in [0, 0.1) is 12.7 Å². The monoisotopic (exact) mass is 227 g/mol. The summed E-state index contributed by atoms with van der Waals surface area (Å²) < 4.78 is 13.7. The topological polar surface area (TPSA) is 83.5 Å². The van der Waals surface area contributed by atoms with Crippen LogP contribution in [0.5, 0.6) is 5.75 Å². The Balaban J connectivity index is 3.18. The van der Waals surface area contributed by atoms with Gasteiger partial charge in [-0.05, 0) is 25.1 Å². The van der Waals surface area contributed by atoms with E-state index in [1.807, 2.05) is 0 Å². The van der Waals surface area contributed by atoms with Crippen molar-refractivity contribution in [1.29, 1.82) is 0 Å². The van der Waals surface area contributed by atoms with Crippen LogP contribution in [0.15, 0.2) is 12.1 Å². The molecule has 1 aromatic carbocycles. The van der Waals surface area contributed by atoms with Crippen LogP contribution in [-0.4, -0.2) is 22.7 Å². The van der Waals surface area contributed by atoms with Crippen molar-refractivity contribution in [2.75, 3.05) is 6.54 Å². The molecule has 0 heterocycles. The summed E-state index contributed by atoms with van der Waals surface area (Å²) in [6.45, 7) is 1.52. The van der Waals surface area contributed by atoms with E-state index in [2.05, 4.69) is 0 Å². The quantitative estimate of drug-likeness (QED) is 0.725. The number of carboxylic acids is 1. The van der Waals surface area contributed by atoms with Gasteiger partial charge in [0.1, 0.15) is 11.6 Å². The molecule has 4 nitrogen and oxygen atoms in total. The number of aromatic hydroxyl groups is 1. The minimum Gasteiger partial charge on any atom is -0.508 e. The number of rotatable bonds is 4. The van der Waals surface area contributed by atoms with Gasteiger partial charge in [0.25, 0.3) is 0 Å². The molecule has 0 aliphatic heterocycles. The molecule has 88 valence electrons. The van der Waals surface area contributed by atoms with E-state index < -0.39 is 17.7 Å². The van der Waals surface area contributed by atoms with Gasteiger partial charge in [0.2, 0.25) is 0 Å². The second-order valence-corrected chi connectivity index (χ2v) is 3.66. The highest BCUT2D eigenvalue weighted by molar-refractivity contribution is 5.68. The highest BCUT2D eigenvalue weighted by Gasteiger charge is 2.22. The lowest BCUT2D eigenvalue weighted by Crippen LogP contribution is -2.18. The Hall–Kier alpha value is -1.62. The third kappa shape index (κ3) is 2.49. The number of benzene rings is 1. The van der Waals surface area contributed by atoms with Crippen LogP contribution in [0.4, 0.5) is 4.39 Å². The van der Waals surface area contributed by atoms with Crippen molar-refractivity contribution < 1.29 is 19.4 Å². The second kappa shape index (κ2) is 4.94. The largest absolute Gasteiger partial charge is 0.508 e. The predicted octanol–water partition coefficient (Wildman–Crippen LogP) is 1.36. The van der Waals surface area contributed by atoms with E-state index in [0.29, 0.717) is 5.56 Å². The Morgan fingerprint density at radius 3 is 2.69 bits per heavy atom. The molecule has 0 saturated carbocycles.